The second-order valence-electron chi connectivity index (χ2n) is 3.34. The van der Waals surface area contributed by atoms with Gasteiger partial charge in [0.25, 0.3) is 0 Å². The highest BCUT2D eigenvalue weighted by molar-refractivity contribution is 5.79. The first-order valence-corrected chi connectivity index (χ1v) is 4.83. The van der Waals surface area contributed by atoms with Gasteiger partial charge in [-0.1, -0.05) is 31.5 Å². The molecule has 1 heterocycles. The van der Waals surface area contributed by atoms with Gasteiger partial charge < -0.3 is 4.42 Å². The lowest BCUT2D eigenvalue weighted by atomic mass is 10.1. The Morgan fingerprint density at radius 1 is 1.29 bits per heavy atom. The molecule has 0 atom stereocenters. The van der Waals surface area contributed by atoms with E-state index in [0.29, 0.717) is 5.58 Å². The van der Waals surface area contributed by atoms with E-state index in [2.05, 4.69) is 6.92 Å². The number of aryl methyl sites for hydroxylation is 1. The molecule has 72 valence electrons. The number of hydrogen-bond acceptors (Lipinski definition) is 2. The molecule has 2 nitrogen and oxygen atoms in total. The van der Waals surface area contributed by atoms with Crippen molar-refractivity contribution in [2.45, 2.75) is 19.8 Å². The van der Waals surface area contributed by atoms with Gasteiger partial charge in [-0.2, -0.15) is 0 Å². The van der Waals surface area contributed by atoms with Gasteiger partial charge in [-0.25, -0.2) is 4.79 Å². The fraction of sp³-hybridized carbons (Fsp3) is 0.250. The molecule has 0 unspecified atom stereocenters. The Balaban J connectivity index is 2.73. The lowest BCUT2D eigenvalue weighted by Gasteiger charge is -2.02. The van der Waals surface area contributed by atoms with Gasteiger partial charge in [0.05, 0.1) is 0 Å². The van der Waals surface area contributed by atoms with Crippen molar-refractivity contribution >= 4 is 11.0 Å². The van der Waals surface area contributed by atoms with E-state index in [1.54, 1.807) is 6.07 Å². The van der Waals surface area contributed by atoms with Gasteiger partial charge in [-0.15, -0.1) is 0 Å². The van der Waals surface area contributed by atoms with Gasteiger partial charge in [-0.3, -0.25) is 0 Å². The van der Waals surface area contributed by atoms with Crippen molar-refractivity contribution in [1.82, 2.24) is 0 Å². The smallest absolute Gasteiger partial charge is 0.336 e. The molecule has 14 heavy (non-hydrogen) atoms. The van der Waals surface area contributed by atoms with Crippen LogP contribution in [0.4, 0.5) is 0 Å². The Kier molecular flexibility index (Phi) is 2.35. The first-order valence-electron chi connectivity index (χ1n) is 4.83. The lowest BCUT2D eigenvalue weighted by Crippen LogP contribution is -2.00. The Morgan fingerprint density at radius 2 is 2.07 bits per heavy atom. The molecule has 0 radical (unpaired) electrons. The van der Waals surface area contributed by atoms with E-state index in [1.165, 1.54) is 0 Å². The number of fused-ring (bicyclic) bond motifs is 1. The molecule has 1 aromatic heterocycles. The van der Waals surface area contributed by atoms with Crippen LogP contribution in [0.5, 0.6) is 0 Å². The van der Waals surface area contributed by atoms with Crippen molar-refractivity contribution in [2.75, 3.05) is 0 Å². The van der Waals surface area contributed by atoms with E-state index in [0.717, 1.165) is 23.8 Å². The SMILES string of the molecule is CCCc1cc(=O)oc2ccccc12. The van der Waals surface area contributed by atoms with Crippen molar-refractivity contribution in [3.05, 3.63) is 46.3 Å². The molecule has 0 amide bonds. The molecule has 1 aromatic carbocycles. The van der Waals surface area contributed by atoms with Crippen molar-refractivity contribution in [3.8, 4) is 0 Å². The van der Waals surface area contributed by atoms with Crippen LogP contribution in [-0.4, -0.2) is 0 Å². The second kappa shape index (κ2) is 3.66. The summed E-state index contributed by atoms with van der Waals surface area (Å²) in [6, 6.07) is 9.24. The fourth-order valence-corrected chi connectivity index (χ4v) is 1.65. The molecule has 0 aliphatic heterocycles. The Bertz CT molecular complexity index is 497. The third-order valence-corrected chi connectivity index (χ3v) is 2.25. The average molecular weight is 188 g/mol. The third-order valence-electron chi connectivity index (χ3n) is 2.25. The molecular formula is C12H12O2. The van der Waals surface area contributed by atoms with Crippen LogP contribution in [0.3, 0.4) is 0 Å². The quantitative estimate of drug-likeness (QED) is 0.678. The minimum absolute atomic E-state index is 0.257. The molecule has 2 aromatic rings. The van der Waals surface area contributed by atoms with Gasteiger partial charge >= 0.3 is 5.63 Å². The molecule has 2 rings (SSSR count). The maximum atomic E-state index is 11.2. The van der Waals surface area contributed by atoms with Crippen LogP contribution in [0.15, 0.2) is 39.5 Å². The topological polar surface area (TPSA) is 30.2 Å². The zero-order chi connectivity index (χ0) is 9.97. The zero-order valence-electron chi connectivity index (χ0n) is 8.12. The average Bonchev–Trinajstić information content (AvgIpc) is 2.18. The van der Waals surface area contributed by atoms with Crippen molar-refractivity contribution in [2.24, 2.45) is 0 Å². The molecule has 0 aliphatic rings. The summed E-state index contributed by atoms with van der Waals surface area (Å²) in [6.45, 7) is 2.10. The predicted molar refractivity (Wildman–Crippen MR) is 56.5 cm³/mol. The van der Waals surface area contributed by atoms with E-state index >= 15 is 0 Å². The van der Waals surface area contributed by atoms with Crippen molar-refractivity contribution in [1.29, 1.82) is 0 Å². The summed E-state index contributed by atoms with van der Waals surface area (Å²) >= 11 is 0. The van der Waals surface area contributed by atoms with E-state index < -0.39 is 0 Å². The fourth-order valence-electron chi connectivity index (χ4n) is 1.65. The number of para-hydroxylation sites is 1. The first-order chi connectivity index (χ1) is 6.81. The van der Waals surface area contributed by atoms with Crippen molar-refractivity contribution < 1.29 is 4.42 Å². The maximum absolute atomic E-state index is 11.2. The Labute approximate surface area is 82.2 Å². The summed E-state index contributed by atoms with van der Waals surface area (Å²) < 4.78 is 5.09. The monoisotopic (exact) mass is 188 g/mol. The van der Waals surface area contributed by atoms with Gasteiger partial charge in [0.2, 0.25) is 0 Å². The third kappa shape index (κ3) is 1.55. The summed E-state index contributed by atoms with van der Waals surface area (Å²) in [7, 11) is 0. The van der Waals surface area contributed by atoms with Crippen LogP contribution in [-0.2, 0) is 6.42 Å². The largest absolute Gasteiger partial charge is 0.423 e. The van der Waals surface area contributed by atoms with Crippen LogP contribution in [0.1, 0.15) is 18.9 Å². The number of benzene rings is 1. The molecule has 0 bridgehead atoms. The van der Waals surface area contributed by atoms with E-state index in [4.69, 9.17) is 4.42 Å². The van der Waals surface area contributed by atoms with Gasteiger partial charge in [0.15, 0.2) is 0 Å². The van der Waals surface area contributed by atoms with E-state index in [1.807, 2.05) is 24.3 Å². The normalized spacial score (nSPS) is 10.6. The highest BCUT2D eigenvalue weighted by Gasteiger charge is 2.02. The summed E-state index contributed by atoms with van der Waals surface area (Å²) in [5, 5.41) is 1.05. The maximum Gasteiger partial charge on any atom is 0.336 e. The summed E-state index contributed by atoms with van der Waals surface area (Å²) in [5.41, 5.74) is 1.51. The summed E-state index contributed by atoms with van der Waals surface area (Å²) in [5.74, 6) is 0. The molecule has 0 spiro atoms. The first kappa shape index (κ1) is 9.00. The molecule has 0 N–H and O–H groups in total. The standard InChI is InChI=1S/C12H12O2/c1-2-5-9-8-12(13)14-11-7-4-3-6-10(9)11/h3-4,6-8H,2,5H2,1H3. The van der Waals surface area contributed by atoms with Crippen LogP contribution in [0.25, 0.3) is 11.0 Å². The molecule has 0 saturated heterocycles. The lowest BCUT2D eigenvalue weighted by molar-refractivity contribution is 0.558. The predicted octanol–water partition coefficient (Wildman–Crippen LogP) is 2.75. The summed E-state index contributed by atoms with van der Waals surface area (Å²) in [6.07, 6.45) is 1.96. The molecule has 0 fully saturated rings. The molecule has 0 saturated carbocycles. The van der Waals surface area contributed by atoms with Crippen molar-refractivity contribution in [3.63, 3.8) is 0 Å². The van der Waals surface area contributed by atoms with Crippen LogP contribution in [0, 0.1) is 0 Å². The molecule has 0 aliphatic carbocycles. The highest BCUT2D eigenvalue weighted by atomic mass is 16.4. The Hall–Kier alpha value is -1.57. The highest BCUT2D eigenvalue weighted by Crippen LogP contribution is 2.17. The van der Waals surface area contributed by atoms with Crippen LogP contribution in [0.2, 0.25) is 0 Å². The van der Waals surface area contributed by atoms with Gasteiger partial charge in [0, 0.05) is 11.5 Å². The van der Waals surface area contributed by atoms with Gasteiger partial charge in [0.1, 0.15) is 5.58 Å². The van der Waals surface area contributed by atoms with Crippen LogP contribution >= 0.6 is 0 Å². The Morgan fingerprint density at radius 3 is 2.86 bits per heavy atom. The van der Waals surface area contributed by atoms with Crippen LogP contribution < -0.4 is 5.63 Å². The summed E-state index contributed by atoms with van der Waals surface area (Å²) in [4.78, 5) is 11.2. The minimum Gasteiger partial charge on any atom is -0.423 e. The number of hydrogen-bond donors (Lipinski definition) is 0. The second-order valence-corrected chi connectivity index (χ2v) is 3.34. The molecule has 2 heteroatoms. The number of rotatable bonds is 2. The van der Waals surface area contributed by atoms with E-state index in [-0.39, 0.29) is 5.63 Å². The minimum atomic E-state index is -0.257. The molecular weight excluding hydrogens is 176 g/mol. The van der Waals surface area contributed by atoms with Gasteiger partial charge in [-0.05, 0) is 18.1 Å². The zero-order valence-corrected chi connectivity index (χ0v) is 8.12. The van der Waals surface area contributed by atoms with E-state index in [9.17, 15) is 4.79 Å².